The quantitative estimate of drug-likeness (QED) is 0.812. The molecule has 2 aromatic rings. The molecule has 1 saturated carbocycles. The minimum absolute atomic E-state index is 0.0211. The van der Waals surface area contributed by atoms with E-state index < -0.39 is 0 Å². The normalized spacial score (nSPS) is 14.4. The summed E-state index contributed by atoms with van der Waals surface area (Å²) in [5.74, 6) is 0. The molecule has 0 radical (unpaired) electrons. The largest absolute Gasteiger partial charge is 0.328 e. The number of imidazole rings is 1. The van der Waals surface area contributed by atoms with Crippen LogP contribution in [0.2, 0.25) is 0 Å². The van der Waals surface area contributed by atoms with Crippen LogP contribution in [0.1, 0.15) is 30.1 Å². The van der Waals surface area contributed by atoms with Gasteiger partial charge in [0.25, 0.3) is 0 Å². The second kappa shape index (κ2) is 4.15. The highest BCUT2D eigenvalue weighted by atomic mass is 16.1. The molecule has 0 atom stereocenters. The van der Waals surface area contributed by atoms with E-state index in [0.717, 1.165) is 18.4 Å². The Morgan fingerprint density at radius 2 is 2.28 bits per heavy atom. The molecule has 90 valence electrons. The van der Waals surface area contributed by atoms with Gasteiger partial charge in [-0.2, -0.15) is 5.26 Å². The van der Waals surface area contributed by atoms with Crippen molar-refractivity contribution in [3.8, 4) is 6.07 Å². The fraction of sp³-hybridized carbons (Fsp3) is 0.308. The number of rotatable bonds is 3. The molecule has 1 aliphatic carbocycles. The van der Waals surface area contributed by atoms with E-state index >= 15 is 0 Å². The van der Waals surface area contributed by atoms with Gasteiger partial charge in [0.05, 0.1) is 6.54 Å². The number of pyridine rings is 1. The average molecular weight is 240 g/mol. The van der Waals surface area contributed by atoms with Crippen molar-refractivity contribution in [1.82, 2.24) is 14.1 Å². The Labute approximate surface area is 104 Å². The smallest absolute Gasteiger partial charge is 0.296 e. The Morgan fingerprint density at radius 3 is 3.00 bits per heavy atom. The van der Waals surface area contributed by atoms with Gasteiger partial charge in [-0.1, -0.05) is 0 Å². The number of hydrogen-bond donors (Lipinski definition) is 0. The lowest BCUT2D eigenvalue weighted by Gasteiger charge is -2.02. The van der Waals surface area contributed by atoms with E-state index in [1.807, 2.05) is 18.3 Å². The maximum absolute atomic E-state index is 12.1. The molecule has 1 aliphatic rings. The Morgan fingerprint density at radius 1 is 1.44 bits per heavy atom. The van der Waals surface area contributed by atoms with Crippen molar-refractivity contribution >= 4 is 0 Å². The van der Waals surface area contributed by atoms with Crippen LogP contribution in [0.4, 0.5) is 0 Å². The van der Waals surface area contributed by atoms with E-state index in [-0.39, 0.29) is 5.69 Å². The Kier molecular flexibility index (Phi) is 2.49. The summed E-state index contributed by atoms with van der Waals surface area (Å²) in [6.07, 6.45) is 7.42. The van der Waals surface area contributed by atoms with E-state index in [4.69, 9.17) is 5.26 Å². The second-order valence-electron chi connectivity index (χ2n) is 4.51. The molecular weight excluding hydrogens is 228 g/mol. The maximum atomic E-state index is 12.1. The minimum Gasteiger partial charge on any atom is -0.296 e. The molecule has 2 aromatic heterocycles. The zero-order valence-electron chi connectivity index (χ0n) is 9.78. The van der Waals surface area contributed by atoms with Crippen molar-refractivity contribution in [2.24, 2.45) is 0 Å². The van der Waals surface area contributed by atoms with Gasteiger partial charge in [0.1, 0.15) is 11.8 Å². The van der Waals surface area contributed by atoms with Crippen LogP contribution in [0, 0.1) is 11.3 Å². The summed E-state index contributed by atoms with van der Waals surface area (Å²) in [6, 6.07) is 5.92. The van der Waals surface area contributed by atoms with Gasteiger partial charge in [0, 0.05) is 24.6 Å². The van der Waals surface area contributed by atoms with Crippen LogP contribution in [0.3, 0.4) is 0 Å². The summed E-state index contributed by atoms with van der Waals surface area (Å²) in [6.45, 7) is 0.482. The number of aromatic nitrogens is 3. The maximum Gasteiger partial charge on any atom is 0.328 e. The molecule has 0 aliphatic heterocycles. The third-order valence-electron chi connectivity index (χ3n) is 3.11. The van der Waals surface area contributed by atoms with Crippen molar-refractivity contribution in [3.05, 3.63) is 52.5 Å². The fourth-order valence-corrected chi connectivity index (χ4v) is 2.01. The van der Waals surface area contributed by atoms with E-state index in [9.17, 15) is 4.79 Å². The van der Waals surface area contributed by atoms with Crippen LogP contribution in [0.5, 0.6) is 0 Å². The Hall–Kier alpha value is -2.35. The van der Waals surface area contributed by atoms with Crippen molar-refractivity contribution in [1.29, 1.82) is 5.26 Å². The van der Waals surface area contributed by atoms with Gasteiger partial charge in [-0.3, -0.25) is 9.13 Å². The molecule has 0 saturated heterocycles. The number of hydrogen-bond acceptors (Lipinski definition) is 3. The van der Waals surface area contributed by atoms with Gasteiger partial charge in [0.15, 0.2) is 0 Å². The lowest BCUT2D eigenvalue weighted by Crippen LogP contribution is -2.23. The predicted molar refractivity (Wildman–Crippen MR) is 65.0 cm³/mol. The first kappa shape index (κ1) is 10.8. The van der Waals surface area contributed by atoms with Gasteiger partial charge in [-0.05, 0) is 30.5 Å². The van der Waals surface area contributed by atoms with Gasteiger partial charge in [0.2, 0.25) is 0 Å². The number of nitriles is 1. The molecule has 1 fully saturated rings. The first-order valence-corrected chi connectivity index (χ1v) is 5.90. The van der Waals surface area contributed by atoms with Crippen LogP contribution in [-0.4, -0.2) is 14.1 Å². The predicted octanol–water partition coefficient (Wildman–Crippen LogP) is 1.30. The van der Waals surface area contributed by atoms with E-state index in [1.165, 1.54) is 0 Å². The third-order valence-corrected chi connectivity index (χ3v) is 3.11. The molecular formula is C13H12N4O. The highest BCUT2D eigenvalue weighted by Gasteiger charge is 2.25. The number of nitrogens with zero attached hydrogens (tertiary/aromatic N) is 4. The van der Waals surface area contributed by atoms with Crippen LogP contribution < -0.4 is 5.69 Å². The lowest BCUT2D eigenvalue weighted by molar-refractivity contribution is 0.656. The zero-order valence-corrected chi connectivity index (χ0v) is 9.78. The van der Waals surface area contributed by atoms with Crippen molar-refractivity contribution in [2.75, 3.05) is 0 Å². The molecule has 5 nitrogen and oxygen atoms in total. The molecule has 0 unspecified atom stereocenters. The first-order valence-electron chi connectivity index (χ1n) is 5.90. The SMILES string of the molecule is N#Cc1cc(Cn2ccn(C3CC3)c2=O)ccn1. The van der Waals surface area contributed by atoms with Gasteiger partial charge < -0.3 is 0 Å². The molecule has 0 spiro atoms. The van der Waals surface area contributed by atoms with Crippen molar-refractivity contribution < 1.29 is 0 Å². The Balaban J connectivity index is 1.88. The topological polar surface area (TPSA) is 63.6 Å². The molecule has 0 N–H and O–H groups in total. The van der Waals surface area contributed by atoms with Crippen molar-refractivity contribution in [2.45, 2.75) is 25.4 Å². The molecule has 3 rings (SSSR count). The lowest BCUT2D eigenvalue weighted by atomic mass is 10.2. The van der Waals surface area contributed by atoms with Crippen molar-refractivity contribution in [3.63, 3.8) is 0 Å². The minimum atomic E-state index is 0.0211. The first-order chi connectivity index (χ1) is 8.78. The highest BCUT2D eigenvalue weighted by molar-refractivity contribution is 5.25. The average Bonchev–Trinajstić information content (AvgIpc) is 3.17. The molecule has 2 heterocycles. The zero-order chi connectivity index (χ0) is 12.5. The third kappa shape index (κ3) is 1.93. The van der Waals surface area contributed by atoms with E-state index in [0.29, 0.717) is 18.3 Å². The highest BCUT2D eigenvalue weighted by Crippen LogP contribution is 2.33. The van der Waals surface area contributed by atoms with Gasteiger partial charge in [-0.15, -0.1) is 0 Å². The van der Waals surface area contributed by atoms with E-state index in [1.54, 1.807) is 27.6 Å². The van der Waals surface area contributed by atoms with Crippen LogP contribution >= 0.6 is 0 Å². The Bertz CT molecular complexity index is 673. The summed E-state index contributed by atoms with van der Waals surface area (Å²) in [5, 5.41) is 8.78. The van der Waals surface area contributed by atoms with Gasteiger partial charge >= 0.3 is 5.69 Å². The summed E-state index contributed by atoms with van der Waals surface area (Å²) in [5.41, 5.74) is 1.31. The molecule has 18 heavy (non-hydrogen) atoms. The van der Waals surface area contributed by atoms with E-state index in [2.05, 4.69) is 4.98 Å². The molecule has 5 heteroatoms. The summed E-state index contributed by atoms with van der Waals surface area (Å²) < 4.78 is 3.45. The monoisotopic (exact) mass is 240 g/mol. The summed E-state index contributed by atoms with van der Waals surface area (Å²) in [7, 11) is 0. The standard InChI is InChI=1S/C13H12N4O/c14-8-11-7-10(3-4-15-11)9-16-5-6-17(13(16)18)12-1-2-12/h3-7,12H,1-2,9H2. The van der Waals surface area contributed by atoms with Gasteiger partial charge in [-0.25, -0.2) is 9.78 Å². The van der Waals surface area contributed by atoms with Crippen LogP contribution in [-0.2, 0) is 6.54 Å². The molecule has 0 amide bonds. The summed E-state index contributed by atoms with van der Waals surface area (Å²) in [4.78, 5) is 16.0. The summed E-state index contributed by atoms with van der Waals surface area (Å²) >= 11 is 0. The molecule has 0 bridgehead atoms. The fourth-order valence-electron chi connectivity index (χ4n) is 2.01. The second-order valence-corrected chi connectivity index (χ2v) is 4.51. The molecule has 0 aromatic carbocycles. The van der Waals surface area contributed by atoms with Crippen LogP contribution in [0.25, 0.3) is 0 Å². The van der Waals surface area contributed by atoms with Crippen LogP contribution in [0.15, 0.2) is 35.5 Å².